The number of rotatable bonds is 26. The quantitative estimate of drug-likeness (QED) is 0.114. The summed E-state index contributed by atoms with van der Waals surface area (Å²) in [6.07, 6.45) is 27.3. The minimum absolute atomic E-state index is 0.312. The Labute approximate surface area is 201 Å². The summed E-state index contributed by atoms with van der Waals surface area (Å²) < 4.78 is 0. The summed E-state index contributed by atoms with van der Waals surface area (Å²) in [6, 6.07) is 0. The Hall–Kier alpha value is -0.120. The van der Waals surface area contributed by atoms with Crippen LogP contribution in [0.2, 0.25) is 0 Å². The van der Waals surface area contributed by atoms with Gasteiger partial charge in [-0.25, -0.2) is 0 Å². The SMILES string of the molecule is CCCCCCCCCCCCCCCCCCCC(O)C(O)CC(O)CCCCCC. The topological polar surface area (TPSA) is 60.7 Å². The van der Waals surface area contributed by atoms with Crippen LogP contribution in [0.25, 0.3) is 0 Å². The van der Waals surface area contributed by atoms with Crippen molar-refractivity contribution < 1.29 is 15.3 Å². The van der Waals surface area contributed by atoms with Crippen molar-refractivity contribution in [3.05, 3.63) is 0 Å². The second kappa shape index (κ2) is 25.5. The predicted molar refractivity (Wildman–Crippen MR) is 140 cm³/mol. The molecule has 0 saturated heterocycles. The molecule has 194 valence electrons. The van der Waals surface area contributed by atoms with E-state index in [1.165, 1.54) is 109 Å². The van der Waals surface area contributed by atoms with Crippen LogP contribution in [0.5, 0.6) is 0 Å². The molecule has 32 heavy (non-hydrogen) atoms. The molecule has 0 aromatic heterocycles. The van der Waals surface area contributed by atoms with E-state index in [0.717, 1.165) is 32.1 Å². The maximum Gasteiger partial charge on any atom is 0.0823 e. The van der Waals surface area contributed by atoms with Crippen LogP contribution in [-0.2, 0) is 0 Å². The lowest BCUT2D eigenvalue weighted by Crippen LogP contribution is -2.30. The van der Waals surface area contributed by atoms with Crippen molar-refractivity contribution in [2.24, 2.45) is 0 Å². The average molecular weight is 457 g/mol. The fourth-order valence-corrected chi connectivity index (χ4v) is 4.63. The van der Waals surface area contributed by atoms with Gasteiger partial charge in [-0.3, -0.25) is 0 Å². The number of hydrogen-bond acceptors (Lipinski definition) is 3. The standard InChI is InChI=1S/C29H60O3/c1-3-5-7-9-10-11-12-13-14-15-16-17-18-19-20-21-23-25-28(31)29(32)26-27(30)24-22-8-6-4-2/h27-32H,3-26H2,1-2H3. The predicted octanol–water partition coefficient (Wildman–Crippen LogP) is 8.47. The van der Waals surface area contributed by atoms with Crippen molar-refractivity contribution in [2.45, 2.75) is 186 Å². The smallest absolute Gasteiger partial charge is 0.0823 e. The van der Waals surface area contributed by atoms with E-state index in [0.29, 0.717) is 12.8 Å². The maximum atomic E-state index is 10.1. The van der Waals surface area contributed by atoms with Crippen molar-refractivity contribution in [1.29, 1.82) is 0 Å². The summed E-state index contributed by atoms with van der Waals surface area (Å²) >= 11 is 0. The van der Waals surface area contributed by atoms with E-state index in [1.54, 1.807) is 0 Å². The van der Waals surface area contributed by atoms with E-state index in [9.17, 15) is 15.3 Å². The molecule has 0 aromatic rings. The van der Waals surface area contributed by atoms with Gasteiger partial charge < -0.3 is 15.3 Å². The van der Waals surface area contributed by atoms with Gasteiger partial charge in [0, 0.05) is 6.42 Å². The minimum atomic E-state index is -0.780. The van der Waals surface area contributed by atoms with Crippen LogP contribution in [0.1, 0.15) is 168 Å². The van der Waals surface area contributed by atoms with Gasteiger partial charge in [-0.05, 0) is 12.8 Å². The number of hydrogen-bond donors (Lipinski definition) is 3. The van der Waals surface area contributed by atoms with E-state index in [2.05, 4.69) is 13.8 Å². The second-order valence-electron chi connectivity index (χ2n) is 10.3. The molecule has 0 spiro atoms. The summed E-state index contributed by atoms with van der Waals surface area (Å²) in [6.45, 7) is 4.46. The molecule has 0 rings (SSSR count). The van der Waals surface area contributed by atoms with Crippen LogP contribution in [0.15, 0.2) is 0 Å². The third-order valence-corrected chi connectivity index (χ3v) is 6.95. The zero-order valence-corrected chi connectivity index (χ0v) is 22.0. The third kappa shape index (κ3) is 23.1. The molecule has 0 aliphatic rings. The molecule has 3 atom stereocenters. The fraction of sp³-hybridized carbons (Fsp3) is 1.00. The molecule has 0 aliphatic heterocycles. The van der Waals surface area contributed by atoms with Crippen LogP contribution >= 0.6 is 0 Å². The summed E-state index contributed by atoms with van der Waals surface area (Å²) in [5, 5.41) is 30.3. The van der Waals surface area contributed by atoms with Gasteiger partial charge in [-0.1, -0.05) is 149 Å². The third-order valence-electron chi connectivity index (χ3n) is 6.95. The molecule has 0 heterocycles. The minimum Gasteiger partial charge on any atom is -0.393 e. The molecule has 0 fully saturated rings. The normalized spacial score (nSPS) is 14.5. The highest BCUT2D eigenvalue weighted by molar-refractivity contribution is 4.71. The fourth-order valence-electron chi connectivity index (χ4n) is 4.63. The van der Waals surface area contributed by atoms with Crippen LogP contribution in [0.3, 0.4) is 0 Å². The lowest BCUT2D eigenvalue weighted by atomic mass is 9.98. The van der Waals surface area contributed by atoms with E-state index in [-0.39, 0.29) is 0 Å². The van der Waals surface area contributed by atoms with E-state index >= 15 is 0 Å². The van der Waals surface area contributed by atoms with Crippen molar-refractivity contribution >= 4 is 0 Å². The van der Waals surface area contributed by atoms with Gasteiger partial charge in [0.05, 0.1) is 18.3 Å². The highest BCUT2D eigenvalue weighted by Crippen LogP contribution is 2.17. The van der Waals surface area contributed by atoms with Gasteiger partial charge in [-0.2, -0.15) is 0 Å². The molecule has 0 bridgehead atoms. The maximum absolute atomic E-state index is 10.1. The molecule has 0 aromatic carbocycles. The Morgan fingerprint density at radius 3 is 1.09 bits per heavy atom. The largest absolute Gasteiger partial charge is 0.393 e. The second-order valence-corrected chi connectivity index (χ2v) is 10.3. The van der Waals surface area contributed by atoms with Crippen molar-refractivity contribution in [3.8, 4) is 0 Å². The molecule has 0 saturated carbocycles. The monoisotopic (exact) mass is 456 g/mol. The Bertz CT molecular complexity index is 347. The van der Waals surface area contributed by atoms with Gasteiger partial charge in [0.1, 0.15) is 0 Å². The summed E-state index contributed by atoms with van der Waals surface area (Å²) in [4.78, 5) is 0. The Morgan fingerprint density at radius 2 is 0.688 bits per heavy atom. The summed E-state index contributed by atoms with van der Waals surface area (Å²) in [7, 11) is 0. The first-order chi connectivity index (χ1) is 15.6. The first-order valence-electron chi connectivity index (χ1n) is 14.7. The van der Waals surface area contributed by atoms with E-state index < -0.39 is 18.3 Å². The highest BCUT2D eigenvalue weighted by atomic mass is 16.3. The van der Waals surface area contributed by atoms with E-state index in [4.69, 9.17) is 0 Å². The molecular weight excluding hydrogens is 396 g/mol. The van der Waals surface area contributed by atoms with Crippen LogP contribution < -0.4 is 0 Å². The van der Waals surface area contributed by atoms with Crippen LogP contribution in [0, 0.1) is 0 Å². The Morgan fingerprint density at radius 1 is 0.375 bits per heavy atom. The molecule has 0 aliphatic carbocycles. The molecule has 3 nitrogen and oxygen atoms in total. The van der Waals surface area contributed by atoms with Crippen molar-refractivity contribution in [3.63, 3.8) is 0 Å². The molecule has 3 unspecified atom stereocenters. The number of aliphatic hydroxyl groups is 3. The van der Waals surface area contributed by atoms with Crippen LogP contribution in [0.4, 0.5) is 0 Å². The van der Waals surface area contributed by atoms with Gasteiger partial charge in [0.2, 0.25) is 0 Å². The summed E-state index contributed by atoms with van der Waals surface area (Å²) in [5.74, 6) is 0. The zero-order valence-electron chi connectivity index (χ0n) is 22.0. The molecule has 0 amide bonds. The molecule has 3 heteroatoms. The van der Waals surface area contributed by atoms with Gasteiger partial charge in [-0.15, -0.1) is 0 Å². The Kier molecular flexibility index (Phi) is 25.4. The van der Waals surface area contributed by atoms with Crippen molar-refractivity contribution in [2.75, 3.05) is 0 Å². The number of aliphatic hydroxyl groups excluding tert-OH is 3. The molecular formula is C29H60O3. The number of unbranched alkanes of at least 4 members (excludes halogenated alkanes) is 19. The molecule has 3 N–H and O–H groups in total. The Balaban J connectivity index is 3.33. The lowest BCUT2D eigenvalue weighted by Gasteiger charge is -2.20. The van der Waals surface area contributed by atoms with Gasteiger partial charge >= 0.3 is 0 Å². The van der Waals surface area contributed by atoms with Gasteiger partial charge in [0.25, 0.3) is 0 Å². The van der Waals surface area contributed by atoms with Crippen molar-refractivity contribution in [1.82, 2.24) is 0 Å². The van der Waals surface area contributed by atoms with E-state index in [1.807, 2.05) is 0 Å². The molecule has 0 radical (unpaired) electrons. The first kappa shape index (κ1) is 31.9. The lowest BCUT2D eigenvalue weighted by molar-refractivity contribution is -0.0182. The highest BCUT2D eigenvalue weighted by Gasteiger charge is 2.19. The van der Waals surface area contributed by atoms with Gasteiger partial charge in [0.15, 0.2) is 0 Å². The first-order valence-corrected chi connectivity index (χ1v) is 14.7. The van der Waals surface area contributed by atoms with Crippen LogP contribution in [-0.4, -0.2) is 33.6 Å². The summed E-state index contributed by atoms with van der Waals surface area (Å²) in [5.41, 5.74) is 0. The average Bonchev–Trinajstić information content (AvgIpc) is 2.78. The zero-order chi connectivity index (χ0) is 23.7.